The van der Waals surface area contributed by atoms with Crippen molar-refractivity contribution >= 4 is 11.9 Å². The van der Waals surface area contributed by atoms with Crippen molar-refractivity contribution < 1.29 is 19.4 Å². The van der Waals surface area contributed by atoms with E-state index in [-0.39, 0.29) is 12.5 Å². The number of hydrogen-bond donors (Lipinski definition) is 2. The van der Waals surface area contributed by atoms with Crippen LogP contribution in [0.15, 0.2) is 0 Å². The summed E-state index contributed by atoms with van der Waals surface area (Å²) >= 11 is 0. The first-order chi connectivity index (χ1) is 7.59. The zero-order valence-corrected chi connectivity index (χ0v) is 9.44. The molecule has 0 spiro atoms. The second kappa shape index (κ2) is 6.44. The summed E-state index contributed by atoms with van der Waals surface area (Å²) in [5.74, 6) is -1.33. The van der Waals surface area contributed by atoms with Crippen LogP contribution in [0, 0.1) is 0 Å². The number of amides is 1. The van der Waals surface area contributed by atoms with E-state index in [4.69, 9.17) is 5.11 Å². The van der Waals surface area contributed by atoms with Gasteiger partial charge >= 0.3 is 5.97 Å². The number of carbonyl (C=O) groups is 2. The van der Waals surface area contributed by atoms with Crippen LogP contribution in [0.3, 0.4) is 0 Å². The average molecular weight is 230 g/mol. The van der Waals surface area contributed by atoms with E-state index in [9.17, 15) is 9.59 Å². The Labute approximate surface area is 94.6 Å². The third kappa shape index (κ3) is 4.59. The number of carboxylic acid groups (broad SMARTS) is 1. The fourth-order valence-corrected chi connectivity index (χ4v) is 1.75. The number of ether oxygens (including phenoxy) is 1. The quantitative estimate of drug-likeness (QED) is 0.630. The highest BCUT2D eigenvalue weighted by Crippen LogP contribution is 2.13. The van der Waals surface area contributed by atoms with Crippen molar-refractivity contribution in [3.63, 3.8) is 0 Å². The molecular weight excluding hydrogens is 212 g/mol. The highest BCUT2D eigenvalue weighted by atomic mass is 16.5. The van der Waals surface area contributed by atoms with E-state index in [1.165, 1.54) is 0 Å². The van der Waals surface area contributed by atoms with Crippen molar-refractivity contribution in [2.45, 2.75) is 18.9 Å². The van der Waals surface area contributed by atoms with Gasteiger partial charge in [-0.3, -0.25) is 4.79 Å². The van der Waals surface area contributed by atoms with Crippen molar-refractivity contribution in [3.8, 4) is 0 Å². The summed E-state index contributed by atoms with van der Waals surface area (Å²) in [6.45, 7) is 1.04. The van der Waals surface area contributed by atoms with E-state index in [0.29, 0.717) is 12.6 Å². The second-order valence-electron chi connectivity index (χ2n) is 3.97. The molecule has 6 heteroatoms. The van der Waals surface area contributed by atoms with Crippen LogP contribution in [0.5, 0.6) is 0 Å². The van der Waals surface area contributed by atoms with Gasteiger partial charge in [0.05, 0.1) is 0 Å². The number of likely N-dealkylation sites (tertiary alicyclic amines) is 1. The van der Waals surface area contributed by atoms with Gasteiger partial charge in [-0.15, -0.1) is 0 Å². The molecule has 1 aliphatic rings. The Kier molecular flexibility index (Phi) is 5.21. The van der Waals surface area contributed by atoms with Gasteiger partial charge in [0.25, 0.3) is 0 Å². The number of nitrogens with zero attached hydrogens (tertiary/aromatic N) is 1. The van der Waals surface area contributed by atoms with Gasteiger partial charge in [0.15, 0.2) is 0 Å². The van der Waals surface area contributed by atoms with Crippen LogP contribution in [0.1, 0.15) is 12.8 Å². The molecule has 92 valence electrons. The first-order valence-corrected chi connectivity index (χ1v) is 5.36. The van der Waals surface area contributed by atoms with Gasteiger partial charge in [0, 0.05) is 12.6 Å². The number of carbonyl (C=O) groups excluding carboxylic acids is 1. The molecule has 0 radical (unpaired) electrons. The lowest BCUT2D eigenvalue weighted by atomic mass is 10.2. The fourth-order valence-electron chi connectivity index (χ4n) is 1.75. The highest BCUT2D eigenvalue weighted by molar-refractivity contribution is 5.77. The maximum atomic E-state index is 11.2. The first-order valence-electron chi connectivity index (χ1n) is 5.36. The minimum absolute atomic E-state index is 0.192. The molecule has 0 aliphatic carbocycles. The van der Waals surface area contributed by atoms with E-state index in [2.05, 4.69) is 15.0 Å². The fraction of sp³-hybridized carbons (Fsp3) is 0.800. The maximum Gasteiger partial charge on any atom is 0.329 e. The molecule has 1 rings (SSSR count). The molecular formula is C10H18N2O4. The lowest BCUT2D eigenvalue weighted by Crippen LogP contribution is -2.39. The molecule has 0 bridgehead atoms. The van der Waals surface area contributed by atoms with Gasteiger partial charge in [0.1, 0.15) is 13.2 Å². The normalized spacial score (nSPS) is 20.9. The van der Waals surface area contributed by atoms with Gasteiger partial charge in [-0.25, -0.2) is 4.79 Å². The molecule has 1 heterocycles. The monoisotopic (exact) mass is 230 g/mol. The molecule has 0 aromatic carbocycles. The van der Waals surface area contributed by atoms with Crippen LogP contribution in [0.4, 0.5) is 0 Å². The predicted molar refractivity (Wildman–Crippen MR) is 57.1 cm³/mol. The van der Waals surface area contributed by atoms with Gasteiger partial charge in [-0.05, 0) is 26.4 Å². The lowest BCUT2D eigenvalue weighted by Gasteiger charge is -2.19. The summed E-state index contributed by atoms with van der Waals surface area (Å²) in [6, 6.07) is 0.392. The summed E-state index contributed by atoms with van der Waals surface area (Å²) in [5.41, 5.74) is 0. The van der Waals surface area contributed by atoms with E-state index in [1.54, 1.807) is 0 Å². The first kappa shape index (κ1) is 12.9. The van der Waals surface area contributed by atoms with Crippen LogP contribution in [0.25, 0.3) is 0 Å². The topological polar surface area (TPSA) is 78.9 Å². The van der Waals surface area contributed by atoms with Crippen LogP contribution in [-0.2, 0) is 14.3 Å². The van der Waals surface area contributed by atoms with Crippen molar-refractivity contribution in [1.82, 2.24) is 10.2 Å². The van der Waals surface area contributed by atoms with Crippen LogP contribution >= 0.6 is 0 Å². The molecule has 2 N–H and O–H groups in total. The summed E-state index contributed by atoms with van der Waals surface area (Å²) in [6.07, 6.45) is 2.25. The van der Waals surface area contributed by atoms with E-state index >= 15 is 0 Å². The van der Waals surface area contributed by atoms with Gasteiger partial charge < -0.3 is 20.1 Å². The second-order valence-corrected chi connectivity index (χ2v) is 3.97. The molecule has 1 amide bonds. The number of likely N-dealkylation sites (N-methyl/N-ethyl adjacent to an activating group) is 1. The Morgan fingerprint density at radius 1 is 1.50 bits per heavy atom. The molecule has 16 heavy (non-hydrogen) atoms. The number of rotatable bonds is 6. The maximum absolute atomic E-state index is 11.2. The van der Waals surface area contributed by atoms with Crippen molar-refractivity contribution in [1.29, 1.82) is 0 Å². The SMILES string of the molecule is CN1CCCC1CNC(=O)COCC(=O)O. The summed E-state index contributed by atoms with van der Waals surface area (Å²) in [7, 11) is 2.03. The third-order valence-electron chi connectivity index (χ3n) is 2.67. The van der Waals surface area contributed by atoms with Gasteiger partial charge in [-0.1, -0.05) is 0 Å². The predicted octanol–water partition coefficient (Wildman–Crippen LogP) is -0.702. The number of hydrogen-bond acceptors (Lipinski definition) is 4. The molecule has 1 aliphatic heterocycles. The number of nitrogens with one attached hydrogen (secondary N) is 1. The van der Waals surface area contributed by atoms with Gasteiger partial charge in [-0.2, -0.15) is 0 Å². The molecule has 1 atom stereocenters. The van der Waals surface area contributed by atoms with Gasteiger partial charge in [0.2, 0.25) is 5.91 Å². The molecule has 1 unspecified atom stereocenters. The van der Waals surface area contributed by atoms with Crippen molar-refractivity contribution in [2.24, 2.45) is 0 Å². The smallest absolute Gasteiger partial charge is 0.329 e. The zero-order chi connectivity index (χ0) is 12.0. The Morgan fingerprint density at radius 2 is 2.25 bits per heavy atom. The minimum atomic E-state index is -1.07. The standard InChI is InChI=1S/C10H18N2O4/c1-12-4-2-3-8(12)5-11-9(13)6-16-7-10(14)15/h8H,2-7H2,1H3,(H,11,13)(H,14,15). The Hall–Kier alpha value is -1.14. The van der Waals surface area contributed by atoms with E-state index in [0.717, 1.165) is 19.4 Å². The number of carboxylic acids is 1. The molecule has 0 aromatic rings. The van der Waals surface area contributed by atoms with Crippen LogP contribution < -0.4 is 5.32 Å². The highest BCUT2D eigenvalue weighted by Gasteiger charge is 2.20. The molecule has 6 nitrogen and oxygen atoms in total. The average Bonchev–Trinajstić information content (AvgIpc) is 2.60. The Bertz CT molecular complexity index is 257. The zero-order valence-electron chi connectivity index (χ0n) is 9.44. The van der Waals surface area contributed by atoms with Crippen LogP contribution in [0.2, 0.25) is 0 Å². The Morgan fingerprint density at radius 3 is 2.81 bits per heavy atom. The van der Waals surface area contributed by atoms with Crippen LogP contribution in [-0.4, -0.2) is 61.3 Å². The molecule has 1 fully saturated rings. The summed E-state index contributed by atoms with van der Waals surface area (Å²) in [5, 5.41) is 11.0. The summed E-state index contributed by atoms with van der Waals surface area (Å²) < 4.78 is 4.67. The van der Waals surface area contributed by atoms with E-state index < -0.39 is 12.6 Å². The third-order valence-corrected chi connectivity index (χ3v) is 2.67. The minimum Gasteiger partial charge on any atom is -0.480 e. The molecule has 0 saturated carbocycles. The largest absolute Gasteiger partial charge is 0.480 e. The Balaban J connectivity index is 2.08. The van der Waals surface area contributed by atoms with Crippen molar-refractivity contribution in [3.05, 3.63) is 0 Å². The van der Waals surface area contributed by atoms with E-state index in [1.807, 2.05) is 7.05 Å². The van der Waals surface area contributed by atoms with Crippen molar-refractivity contribution in [2.75, 3.05) is 33.4 Å². The molecule has 0 aromatic heterocycles. The number of aliphatic carboxylic acids is 1. The summed E-state index contributed by atoms with van der Waals surface area (Å²) in [4.78, 5) is 23.6. The lowest BCUT2D eigenvalue weighted by molar-refractivity contribution is -0.143. The molecule has 1 saturated heterocycles.